The fourth-order valence-corrected chi connectivity index (χ4v) is 2.84. The van der Waals surface area contributed by atoms with E-state index < -0.39 is 10.0 Å². The van der Waals surface area contributed by atoms with Gasteiger partial charge in [0.2, 0.25) is 10.0 Å². The van der Waals surface area contributed by atoms with Gasteiger partial charge in [0.15, 0.2) is 0 Å². The van der Waals surface area contributed by atoms with Gasteiger partial charge in [-0.1, -0.05) is 39.3 Å². The number of benzene rings is 1. The second kappa shape index (κ2) is 5.69. The Balaban J connectivity index is 2.94. The lowest BCUT2D eigenvalue weighted by Gasteiger charge is -2.29. The van der Waals surface area contributed by atoms with Crippen molar-refractivity contribution in [2.24, 2.45) is 11.3 Å². The number of rotatable bonds is 5. The van der Waals surface area contributed by atoms with Gasteiger partial charge in [-0.15, -0.1) is 0 Å². The Morgan fingerprint density at radius 2 is 1.95 bits per heavy atom. The summed E-state index contributed by atoms with van der Waals surface area (Å²) < 4.78 is 27.0. The standard InChI is InChI=1S/C13H21ClN2O2S/c1-9(2)13(3,4)8-16-19(17,18)12-6-5-10(14)7-11(12)15/h5-7,9,16H,8,15H2,1-4H3. The molecule has 0 atom stereocenters. The van der Waals surface area contributed by atoms with Crippen molar-refractivity contribution in [3.8, 4) is 0 Å². The van der Waals surface area contributed by atoms with Crippen LogP contribution in [0.15, 0.2) is 23.1 Å². The van der Waals surface area contributed by atoms with Gasteiger partial charge in [0, 0.05) is 11.6 Å². The van der Waals surface area contributed by atoms with Crippen LogP contribution in [-0.4, -0.2) is 15.0 Å². The summed E-state index contributed by atoms with van der Waals surface area (Å²) in [6, 6.07) is 4.37. The number of halogens is 1. The van der Waals surface area contributed by atoms with Crippen LogP contribution in [0.2, 0.25) is 5.02 Å². The molecule has 4 nitrogen and oxygen atoms in total. The molecule has 6 heteroatoms. The fraction of sp³-hybridized carbons (Fsp3) is 0.538. The van der Waals surface area contributed by atoms with E-state index >= 15 is 0 Å². The van der Waals surface area contributed by atoms with Gasteiger partial charge in [-0.25, -0.2) is 13.1 Å². The van der Waals surface area contributed by atoms with E-state index in [1.807, 2.05) is 13.8 Å². The molecule has 1 aromatic carbocycles. The highest BCUT2D eigenvalue weighted by atomic mass is 35.5. The molecule has 0 aliphatic heterocycles. The predicted molar refractivity (Wildman–Crippen MR) is 79.7 cm³/mol. The number of anilines is 1. The van der Waals surface area contributed by atoms with E-state index in [0.29, 0.717) is 17.5 Å². The minimum Gasteiger partial charge on any atom is -0.398 e. The third kappa shape index (κ3) is 4.09. The summed E-state index contributed by atoms with van der Waals surface area (Å²) >= 11 is 5.76. The Kier molecular flexibility index (Phi) is 4.87. The van der Waals surface area contributed by atoms with Crippen molar-refractivity contribution in [2.75, 3.05) is 12.3 Å². The van der Waals surface area contributed by atoms with Gasteiger partial charge < -0.3 is 5.73 Å². The van der Waals surface area contributed by atoms with E-state index in [-0.39, 0.29) is 16.0 Å². The third-order valence-corrected chi connectivity index (χ3v) is 5.25. The van der Waals surface area contributed by atoms with Crippen molar-refractivity contribution >= 4 is 27.3 Å². The number of nitrogens with one attached hydrogen (secondary N) is 1. The molecular weight excluding hydrogens is 284 g/mol. The molecule has 0 heterocycles. The third-order valence-electron chi connectivity index (χ3n) is 3.54. The highest BCUT2D eigenvalue weighted by Crippen LogP contribution is 2.27. The van der Waals surface area contributed by atoms with Crippen LogP contribution < -0.4 is 10.5 Å². The molecule has 108 valence electrons. The minimum absolute atomic E-state index is 0.0662. The number of hydrogen-bond donors (Lipinski definition) is 2. The van der Waals surface area contributed by atoms with Crippen molar-refractivity contribution < 1.29 is 8.42 Å². The summed E-state index contributed by atoms with van der Waals surface area (Å²) in [4.78, 5) is 0.0662. The van der Waals surface area contributed by atoms with E-state index in [4.69, 9.17) is 17.3 Å². The maximum absolute atomic E-state index is 12.2. The van der Waals surface area contributed by atoms with E-state index in [2.05, 4.69) is 18.6 Å². The largest absolute Gasteiger partial charge is 0.398 e. The first-order valence-electron chi connectivity index (χ1n) is 6.11. The smallest absolute Gasteiger partial charge is 0.242 e. The maximum atomic E-state index is 12.2. The molecule has 1 aromatic rings. The van der Waals surface area contributed by atoms with E-state index in [9.17, 15) is 8.42 Å². The van der Waals surface area contributed by atoms with Crippen molar-refractivity contribution in [3.05, 3.63) is 23.2 Å². The molecule has 0 saturated carbocycles. The van der Waals surface area contributed by atoms with Gasteiger partial charge in [-0.3, -0.25) is 0 Å². The van der Waals surface area contributed by atoms with Crippen molar-refractivity contribution in [1.82, 2.24) is 4.72 Å². The molecule has 0 aromatic heterocycles. The Morgan fingerprint density at radius 3 is 2.42 bits per heavy atom. The quantitative estimate of drug-likeness (QED) is 0.822. The molecule has 0 aliphatic carbocycles. The maximum Gasteiger partial charge on any atom is 0.242 e. The number of hydrogen-bond acceptors (Lipinski definition) is 3. The first-order valence-corrected chi connectivity index (χ1v) is 7.97. The zero-order valence-corrected chi connectivity index (χ0v) is 13.3. The van der Waals surface area contributed by atoms with Gasteiger partial charge in [0.05, 0.1) is 5.69 Å². The molecule has 0 spiro atoms. The lowest BCUT2D eigenvalue weighted by Crippen LogP contribution is -2.37. The van der Waals surface area contributed by atoms with Crippen LogP contribution >= 0.6 is 11.6 Å². The van der Waals surface area contributed by atoms with Gasteiger partial charge in [0.25, 0.3) is 0 Å². The molecule has 0 radical (unpaired) electrons. The highest BCUT2D eigenvalue weighted by molar-refractivity contribution is 7.89. The molecule has 0 saturated heterocycles. The summed E-state index contributed by atoms with van der Waals surface area (Å²) in [6.45, 7) is 8.52. The van der Waals surface area contributed by atoms with Crippen LogP contribution in [0.3, 0.4) is 0 Å². The molecule has 1 rings (SSSR count). The molecule has 0 unspecified atom stereocenters. The lowest BCUT2D eigenvalue weighted by atomic mass is 9.81. The normalized spacial score (nSPS) is 12.9. The van der Waals surface area contributed by atoms with Crippen LogP contribution in [0.4, 0.5) is 5.69 Å². The topological polar surface area (TPSA) is 72.2 Å². The Labute approximate surface area is 120 Å². The molecule has 3 N–H and O–H groups in total. The second-order valence-corrected chi connectivity index (χ2v) is 7.82. The molecule has 0 amide bonds. The fourth-order valence-electron chi connectivity index (χ4n) is 1.33. The Morgan fingerprint density at radius 1 is 1.37 bits per heavy atom. The summed E-state index contributed by atoms with van der Waals surface area (Å²) in [5.74, 6) is 0.359. The first kappa shape index (κ1) is 16.3. The molecular formula is C13H21ClN2O2S. The summed E-state index contributed by atoms with van der Waals surface area (Å²) in [7, 11) is -3.61. The molecule has 19 heavy (non-hydrogen) atoms. The summed E-state index contributed by atoms with van der Waals surface area (Å²) in [5.41, 5.74) is 5.73. The zero-order valence-electron chi connectivity index (χ0n) is 11.7. The van der Waals surface area contributed by atoms with E-state index in [0.717, 1.165) is 0 Å². The average molecular weight is 305 g/mol. The van der Waals surface area contributed by atoms with Crippen LogP contribution in [0.1, 0.15) is 27.7 Å². The highest BCUT2D eigenvalue weighted by Gasteiger charge is 2.26. The predicted octanol–water partition coefficient (Wildman–Crippen LogP) is 2.88. The summed E-state index contributed by atoms with van der Waals surface area (Å²) in [6.07, 6.45) is 0. The van der Waals surface area contributed by atoms with E-state index in [1.165, 1.54) is 18.2 Å². The van der Waals surface area contributed by atoms with Gasteiger partial charge >= 0.3 is 0 Å². The Bertz CT molecular complexity index is 554. The SMILES string of the molecule is CC(C)C(C)(C)CNS(=O)(=O)c1ccc(Cl)cc1N. The van der Waals surface area contributed by atoms with E-state index in [1.54, 1.807) is 0 Å². The number of sulfonamides is 1. The van der Waals surface area contributed by atoms with Crippen LogP contribution in [0.5, 0.6) is 0 Å². The minimum atomic E-state index is -3.61. The van der Waals surface area contributed by atoms with Crippen molar-refractivity contribution in [1.29, 1.82) is 0 Å². The van der Waals surface area contributed by atoms with Crippen LogP contribution in [0.25, 0.3) is 0 Å². The molecule has 0 bridgehead atoms. The number of nitrogens with two attached hydrogens (primary N) is 1. The van der Waals surface area contributed by atoms with Crippen LogP contribution in [0, 0.1) is 11.3 Å². The lowest BCUT2D eigenvalue weighted by molar-refractivity contribution is 0.252. The summed E-state index contributed by atoms with van der Waals surface area (Å²) in [5, 5.41) is 0.416. The van der Waals surface area contributed by atoms with Crippen molar-refractivity contribution in [3.63, 3.8) is 0 Å². The van der Waals surface area contributed by atoms with Gasteiger partial charge in [0.1, 0.15) is 4.90 Å². The molecule has 0 fully saturated rings. The van der Waals surface area contributed by atoms with Gasteiger partial charge in [-0.05, 0) is 29.5 Å². The Hall–Kier alpha value is -0.780. The zero-order chi connectivity index (χ0) is 14.8. The van der Waals surface area contributed by atoms with Gasteiger partial charge in [-0.2, -0.15) is 0 Å². The monoisotopic (exact) mass is 304 g/mol. The average Bonchev–Trinajstić information content (AvgIpc) is 2.26. The second-order valence-electron chi connectivity index (χ2n) is 5.65. The first-order chi connectivity index (χ1) is 8.56. The van der Waals surface area contributed by atoms with Crippen molar-refractivity contribution in [2.45, 2.75) is 32.6 Å². The molecule has 0 aliphatic rings. The van der Waals surface area contributed by atoms with Crippen LogP contribution in [-0.2, 0) is 10.0 Å². The number of nitrogen functional groups attached to an aromatic ring is 1.